The zero-order valence-electron chi connectivity index (χ0n) is 19.3. The summed E-state index contributed by atoms with van der Waals surface area (Å²) in [6.07, 6.45) is 0.817. The van der Waals surface area contributed by atoms with Gasteiger partial charge in [0.1, 0.15) is 0 Å². The van der Waals surface area contributed by atoms with Crippen molar-refractivity contribution in [3.8, 4) is 5.69 Å². The second kappa shape index (κ2) is 9.54. The van der Waals surface area contributed by atoms with E-state index in [1.807, 2.05) is 63.4 Å². The quantitative estimate of drug-likeness (QED) is 0.610. The molecule has 1 aliphatic rings. The molecule has 0 bridgehead atoms. The molecule has 1 aromatic heterocycles. The molecule has 8 heteroatoms. The summed E-state index contributed by atoms with van der Waals surface area (Å²) < 4.78 is 2.28. The lowest BCUT2D eigenvalue weighted by Gasteiger charge is -2.21. The van der Waals surface area contributed by atoms with Gasteiger partial charge in [0.05, 0.1) is 12.2 Å². The van der Waals surface area contributed by atoms with E-state index >= 15 is 0 Å². The van der Waals surface area contributed by atoms with E-state index in [1.165, 1.54) is 4.68 Å². The van der Waals surface area contributed by atoms with Crippen LogP contribution in [-0.2, 0) is 6.54 Å². The third kappa shape index (κ3) is 4.80. The van der Waals surface area contributed by atoms with Crippen LogP contribution in [0.4, 0.5) is 0 Å². The second-order valence-corrected chi connectivity index (χ2v) is 8.64. The lowest BCUT2D eigenvalue weighted by Crippen LogP contribution is -2.47. The molecule has 0 saturated carbocycles. The highest BCUT2D eigenvalue weighted by Gasteiger charge is 2.26. The van der Waals surface area contributed by atoms with Gasteiger partial charge in [-0.2, -0.15) is 9.78 Å². The van der Waals surface area contributed by atoms with Gasteiger partial charge in [-0.25, -0.2) is 4.79 Å². The number of nitrogens with zero attached hydrogens (tertiary/aromatic N) is 5. The predicted octanol–water partition coefficient (Wildman–Crippen LogP) is 1.84. The van der Waals surface area contributed by atoms with Crippen LogP contribution < -0.4 is 11.2 Å². The molecule has 0 spiro atoms. The van der Waals surface area contributed by atoms with Crippen LogP contribution in [0.1, 0.15) is 33.6 Å². The fourth-order valence-electron chi connectivity index (χ4n) is 3.98. The highest BCUT2D eigenvalue weighted by molar-refractivity contribution is 5.91. The van der Waals surface area contributed by atoms with Gasteiger partial charge < -0.3 is 9.80 Å². The monoisotopic (exact) mass is 447 g/mol. The molecule has 0 radical (unpaired) electrons. The number of hydrogen-bond donors (Lipinski definition) is 0. The van der Waals surface area contributed by atoms with E-state index in [0.29, 0.717) is 18.8 Å². The third-order valence-corrected chi connectivity index (χ3v) is 6.19. The molecule has 33 heavy (non-hydrogen) atoms. The zero-order valence-corrected chi connectivity index (χ0v) is 19.3. The molecule has 0 N–H and O–H groups in total. The first-order chi connectivity index (χ1) is 15.8. The molecule has 1 amide bonds. The third-order valence-electron chi connectivity index (χ3n) is 6.19. The van der Waals surface area contributed by atoms with Gasteiger partial charge in [-0.3, -0.25) is 14.2 Å². The second-order valence-electron chi connectivity index (χ2n) is 8.64. The maximum atomic E-state index is 13.4. The van der Waals surface area contributed by atoms with Gasteiger partial charge in [0, 0.05) is 19.6 Å². The maximum absolute atomic E-state index is 13.4. The molecule has 1 aliphatic heterocycles. The van der Waals surface area contributed by atoms with Crippen molar-refractivity contribution in [2.75, 3.05) is 33.2 Å². The van der Waals surface area contributed by atoms with Crippen molar-refractivity contribution in [2.24, 2.45) is 0 Å². The minimum atomic E-state index is -0.661. The molecule has 0 atom stereocenters. The summed E-state index contributed by atoms with van der Waals surface area (Å²) in [6.45, 7) is 6.66. The van der Waals surface area contributed by atoms with Crippen LogP contribution in [0.5, 0.6) is 0 Å². The SMILES string of the molecule is Cc1ccc(-n2nc(C(=O)N3CCCN(C)CC3)c(=O)n(Cc3ccccc3)c2=O)cc1C. The Balaban J connectivity index is 1.85. The van der Waals surface area contributed by atoms with Crippen LogP contribution in [0.3, 0.4) is 0 Å². The van der Waals surface area contributed by atoms with E-state index in [9.17, 15) is 14.4 Å². The van der Waals surface area contributed by atoms with Gasteiger partial charge in [0.15, 0.2) is 0 Å². The van der Waals surface area contributed by atoms with Crippen molar-refractivity contribution >= 4 is 5.91 Å². The van der Waals surface area contributed by atoms with Crippen molar-refractivity contribution in [2.45, 2.75) is 26.8 Å². The fourth-order valence-corrected chi connectivity index (χ4v) is 3.98. The van der Waals surface area contributed by atoms with Crippen molar-refractivity contribution in [1.29, 1.82) is 0 Å². The number of benzene rings is 2. The molecule has 0 unspecified atom stereocenters. The Kier molecular flexibility index (Phi) is 6.55. The number of aromatic nitrogens is 3. The minimum Gasteiger partial charge on any atom is -0.336 e. The van der Waals surface area contributed by atoms with E-state index in [1.54, 1.807) is 11.0 Å². The fraction of sp³-hybridized carbons (Fsp3) is 0.360. The summed E-state index contributed by atoms with van der Waals surface area (Å²) in [4.78, 5) is 44.0. The molecule has 4 rings (SSSR count). The van der Waals surface area contributed by atoms with Gasteiger partial charge in [0.25, 0.3) is 11.5 Å². The predicted molar refractivity (Wildman–Crippen MR) is 127 cm³/mol. The normalized spacial score (nSPS) is 14.8. The minimum absolute atomic E-state index is 0.0644. The van der Waals surface area contributed by atoms with Crippen LogP contribution in [0.25, 0.3) is 5.69 Å². The number of likely N-dealkylation sites (N-methyl/N-ethyl adjacent to an activating group) is 1. The summed E-state index contributed by atoms with van der Waals surface area (Å²) in [6, 6.07) is 14.8. The van der Waals surface area contributed by atoms with Crippen molar-refractivity contribution < 1.29 is 4.79 Å². The molecular formula is C25H29N5O3. The Bertz CT molecular complexity index is 1280. The summed E-state index contributed by atoms with van der Waals surface area (Å²) >= 11 is 0. The standard InChI is InChI=1S/C25H29N5O3/c1-18-10-11-21(16-19(18)2)30-25(33)29(17-20-8-5-4-6-9-20)24(32)22(26-30)23(31)28-13-7-12-27(3)14-15-28/h4-6,8-11,16H,7,12-15,17H2,1-3H3. The van der Waals surface area contributed by atoms with Gasteiger partial charge >= 0.3 is 5.69 Å². The number of carbonyl (C=O) groups is 1. The molecule has 8 nitrogen and oxygen atoms in total. The van der Waals surface area contributed by atoms with Crippen LogP contribution in [-0.4, -0.2) is 63.3 Å². The average Bonchev–Trinajstić information content (AvgIpc) is 3.03. The highest BCUT2D eigenvalue weighted by atomic mass is 16.2. The van der Waals surface area contributed by atoms with Gasteiger partial charge in [-0.1, -0.05) is 36.4 Å². The first kappa shape index (κ1) is 22.7. The summed E-state index contributed by atoms with van der Waals surface area (Å²) in [7, 11) is 2.01. The zero-order chi connectivity index (χ0) is 23.5. The molecule has 2 aromatic carbocycles. The molecule has 1 fully saturated rings. The van der Waals surface area contributed by atoms with E-state index < -0.39 is 17.2 Å². The van der Waals surface area contributed by atoms with Gasteiger partial charge in [-0.15, -0.1) is 0 Å². The number of amides is 1. The summed E-state index contributed by atoms with van der Waals surface area (Å²) in [5, 5.41) is 4.31. The largest absolute Gasteiger partial charge is 0.352 e. The number of aryl methyl sites for hydroxylation is 2. The van der Waals surface area contributed by atoms with E-state index in [0.717, 1.165) is 40.8 Å². The highest BCUT2D eigenvalue weighted by Crippen LogP contribution is 2.12. The average molecular weight is 448 g/mol. The van der Waals surface area contributed by atoms with Gasteiger partial charge in [-0.05, 0) is 62.7 Å². The first-order valence-electron chi connectivity index (χ1n) is 11.2. The van der Waals surface area contributed by atoms with Crippen LogP contribution in [0.2, 0.25) is 0 Å². The van der Waals surface area contributed by atoms with Crippen LogP contribution >= 0.6 is 0 Å². The van der Waals surface area contributed by atoms with E-state index in [4.69, 9.17) is 0 Å². The van der Waals surface area contributed by atoms with Crippen LogP contribution in [0.15, 0.2) is 58.1 Å². The lowest BCUT2D eigenvalue weighted by molar-refractivity contribution is 0.0751. The Morgan fingerprint density at radius 2 is 1.70 bits per heavy atom. The molecule has 3 aromatic rings. The molecule has 1 saturated heterocycles. The van der Waals surface area contributed by atoms with Crippen molar-refractivity contribution in [3.63, 3.8) is 0 Å². The maximum Gasteiger partial charge on any atom is 0.352 e. The molecule has 172 valence electrons. The molecular weight excluding hydrogens is 418 g/mol. The molecule has 2 heterocycles. The Morgan fingerprint density at radius 3 is 2.42 bits per heavy atom. The van der Waals surface area contributed by atoms with Crippen molar-refractivity contribution in [1.82, 2.24) is 24.1 Å². The molecule has 0 aliphatic carbocycles. The Morgan fingerprint density at radius 1 is 0.939 bits per heavy atom. The summed E-state index contributed by atoms with van der Waals surface area (Å²) in [5.41, 5.74) is 1.93. The Hall–Kier alpha value is -3.52. The summed E-state index contributed by atoms with van der Waals surface area (Å²) in [5.74, 6) is -0.435. The topological polar surface area (TPSA) is 80.4 Å². The number of hydrogen-bond acceptors (Lipinski definition) is 5. The van der Waals surface area contributed by atoms with E-state index in [-0.39, 0.29) is 12.2 Å². The number of rotatable bonds is 4. The number of carbonyl (C=O) groups excluding carboxylic acids is 1. The Labute approximate surface area is 192 Å². The lowest BCUT2D eigenvalue weighted by atomic mass is 10.1. The smallest absolute Gasteiger partial charge is 0.336 e. The first-order valence-corrected chi connectivity index (χ1v) is 11.2. The van der Waals surface area contributed by atoms with Gasteiger partial charge in [0.2, 0.25) is 5.69 Å². The van der Waals surface area contributed by atoms with E-state index in [2.05, 4.69) is 10.00 Å². The van der Waals surface area contributed by atoms with Crippen molar-refractivity contribution in [3.05, 3.63) is 91.8 Å². The van der Waals surface area contributed by atoms with Crippen LogP contribution in [0, 0.1) is 13.8 Å².